The van der Waals surface area contributed by atoms with Crippen molar-refractivity contribution < 1.29 is 22.8 Å². The molecule has 1 N–H and O–H groups in total. The van der Waals surface area contributed by atoms with Gasteiger partial charge in [0.25, 0.3) is 0 Å². The number of alkyl halides is 3. The Morgan fingerprint density at radius 1 is 1.24 bits per heavy atom. The van der Waals surface area contributed by atoms with E-state index in [1.54, 1.807) is 20.8 Å². The normalized spacial score (nSPS) is 22.4. The van der Waals surface area contributed by atoms with Crippen molar-refractivity contribution in [3.8, 4) is 0 Å². The van der Waals surface area contributed by atoms with Gasteiger partial charge in [0.05, 0.1) is 0 Å². The van der Waals surface area contributed by atoms with E-state index in [1.807, 2.05) is 0 Å². The third-order valence-corrected chi connectivity index (χ3v) is 4.68. The Morgan fingerprint density at radius 3 is 2.24 bits per heavy atom. The third kappa shape index (κ3) is 3.84. The van der Waals surface area contributed by atoms with Gasteiger partial charge in [0.1, 0.15) is 11.6 Å². The number of piperazine rings is 1. The highest BCUT2D eigenvalue weighted by Crippen LogP contribution is 2.33. The van der Waals surface area contributed by atoms with Gasteiger partial charge < -0.3 is 10.2 Å². The molecule has 0 aromatic carbocycles. The topological polar surface area (TPSA) is 49.4 Å². The fraction of sp³-hybridized carbons (Fsp3) is 0.846. The fourth-order valence-electron chi connectivity index (χ4n) is 2.68. The van der Waals surface area contributed by atoms with Gasteiger partial charge in [-0.25, -0.2) is 0 Å². The maximum absolute atomic E-state index is 12.4. The highest BCUT2D eigenvalue weighted by Gasteiger charge is 2.49. The summed E-state index contributed by atoms with van der Waals surface area (Å²) in [6.07, 6.45) is 1.19. The smallest absolute Gasteiger partial charge is 0.342 e. The first kappa shape index (κ1) is 18.1. The molecule has 0 spiro atoms. The molecule has 1 rings (SSSR count). The molecule has 0 aromatic rings. The van der Waals surface area contributed by atoms with E-state index in [0.29, 0.717) is 19.3 Å². The van der Waals surface area contributed by atoms with Crippen LogP contribution in [0, 0.1) is 0 Å². The number of carbonyl (C=O) groups is 2. The number of amides is 2. The predicted octanol–water partition coefficient (Wildman–Crippen LogP) is 2.54. The second-order valence-corrected chi connectivity index (χ2v) is 6.12. The van der Waals surface area contributed by atoms with E-state index in [9.17, 15) is 22.8 Å². The summed E-state index contributed by atoms with van der Waals surface area (Å²) in [6.45, 7) is 5.23. The standard InChI is InChI=1S/C13H21F3N2O2S/c1-4-9-10(19)18(7-8-21-13(14,15)16)12(5-2,6-3)11(20)17-9/h9H,4-8H2,1-3H3,(H,17,20). The van der Waals surface area contributed by atoms with Gasteiger partial charge in [0.15, 0.2) is 0 Å². The summed E-state index contributed by atoms with van der Waals surface area (Å²) in [4.78, 5) is 26.1. The monoisotopic (exact) mass is 326 g/mol. The molecular formula is C13H21F3N2O2S. The average Bonchev–Trinajstić information content (AvgIpc) is 2.41. The summed E-state index contributed by atoms with van der Waals surface area (Å²) in [5.41, 5.74) is -5.36. The quantitative estimate of drug-likeness (QED) is 0.816. The molecule has 1 heterocycles. The molecule has 1 saturated heterocycles. The van der Waals surface area contributed by atoms with Crippen LogP contribution in [0.4, 0.5) is 13.2 Å². The Balaban J connectivity index is 2.94. The van der Waals surface area contributed by atoms with Crippen molar-refractivity contribution in [1.82, 2.24) is 10.2 Å². The van der Waals surface area contributed by atoms with Gasteiger partial charge in [0, 0.05) is 12.3 Å². The first-order valence-corrected chi connectivity index (χ1v) is 8.03. The van der Waals surface area contributed by atoms with Gasteiger partial charge in [-0.05, 0) is 31.0 Å². The van der Waals surface area contributed by atoms with Crippen molar-refractivity contribution in [3.05, 3.63) is 0 Å². The Bertz CT molecular complexity index is 397. The van der Waals surface area contributed by atoms with Crippen molar-refractivity contribution in [2.45, 2.75) is 57.1 Å². The van der Waals surface area contributed by atoms with Gasteiger partial charge in [-0.3, -0.25) is 9.59 Å². The van der Waals surface area contributed by atoms with E-state index in [2.05, 4.69) is 5.32 Å². The summed E-state index contributed by atoms with van der Waals surface area (Å²) in [5, 5.41) is 2.69. The molecule has 1 atom stereocenters. The first-order chi connectivity index (χ1) is 9.71. The summed E-state index contributed by atoms with van der Waals surface area (Å²) in [7, 11) is 0. The maximum atomic E-state index is 12.4. The molecule has 21 heavy (non-hydrogen) atoms. The highest BCUT2D eigenvalue weighted by atomic mass is 32.2. The summed E-state index contributed by atoms with van der Waals surface area (Å²) in [5.74, 6) is -0.819. The van der Waals surface area contributed by atoms with Crippen LogP contribution in [0.25, 0.3) is 0 Å². The molecule has 2 amide bonds. The second-order valence-electron chi connectivity index (χ2n) is 4.96. The molecule has 122 valence electrons. The van der Waals surface area contributed by atoms with Gasteiger partial charge in [-0.1, -0.05) is 20.8 Å². The minimum Gasteiger partial charge on any atom is -0.342 e. The van der Waals surface area contributed by atoms with Crippen LogP contribution >= 0.6 is 11.8 Å². The van der Waals surface area contributed by atoms with E-state index in [-0.39, 0.29) is 35.9 Å². The van der Waals surface area contributed by atoms with E-state index in [0.717, 1.165) is 0 Å². The number of nitrogens with one attached hydrogen (secondary N) is 1. The van der Waals surface area contributed by atoms with Crippen LogP contribution in [0.5, 0.6) is 0 Å². The Hall–Kier alpha value is -0.920. The average molecular weight is 326 g/mol. The molecule has 4 nitrogen and oxygen atoms in total. The summed E-state index contributed by atoms with van der Waals surface area (Å²) >= 11 is -0.165. The Kier molecular flexibility index (Phi) is 5.95. The lowest BCUT2D eigenvalue weighted by Crippen LogP contribution is -2.70. The molecule has 1 unspecified atom stereocenters. The molecule has 8 heteroatoms. The number of thioether (sulfide) groups is 1. The number of nitrogens with zero attached hydrogens (tertiary/aromatic N) is 1. The van der Waals surface area contributed by atoms with Crippen molar-refractivity contribution in [2.75, 3.05) is 12.3 Å². The molecular weight excluding hydrogens is 305 g/mol. The van der Waals surface area contributed by atoms with Gasteiger partial charge in [-0.2, -0.15) is 13.2 Å². The first-order valence-electron chi connectivity index (χ1n) is 7.05. The van der Waals surface area contributed by atoms with E-state index in [4.69, 9.17) is 0 Å². The number of hydrogen-bond donors (Lipinski definition) is 1. The van der Waals surface area contributed by atoms with Gasteiger partial charge >= 0.3 is 5.51 Å². The largest absolute Gasteiger partial charge is 0.441 e. The summed E-state index contributed by atoms with van der Waals surface area (Å²) < 4.78 is 36.8. The maximum Gasteiger partial charge on any atom is 0.441 e. The van der Waals surface area contributed by atoms with Crippen LogP contribution in [0.1, 0.15) is 40.0 Å². The Labute approximate surface area is 126 Å². The fourth-order valence-corrected chi connectivity index (χ4v) is 3.19. The van der Waals surface area contributed by atoms with Crippen LogP contribution in [-0.2, 0) is 9.59 Å². The van der Waals surface area contributed by atoms with Crippen LogP contribution in [0.3, 0.4) is 0 Å². The van der Waals surface area contributed by atoms with E-state index < -0.39 is 17.1 Å². The molecule has 0 radical (unpaired) electrons. The molecule has 1 fully saturated rings. The zero-order valence-corrected chi connectivity index (χ0v) is 13.2. The lowest BCUT2D eigenvalue weighted by atomic mass is 9.85. The predicted molar refractivity (Wildman–Crippen MR) is 75.8 cm³/mol. The zero-order chi connectivity index (χ0) is 16.3. The van der Waals surface area contributed by atoms with Crippen LogP contribution in [0.15, 0.2) is 0 Å². The number of rotatable bonds is 6. The van der Waals surface area contributed by atoms with Gasteiger partial charge in [0.2, 0.25) is 11.8 Å². The number of hydrogen-bond acceptors (Lipinski definition) is 3. The van der Waals surface area contributed by atoms with Crippen molar-refractivity contribution in [2.24, 2.45) is 0 Å². The lowest BCUT2D eigenvalue weighted by Gasteiger charge is -2.47. The minimum absolute atomic E-state index is 0.0748. The zero-order valence-electron chi connectivity index (χ0n) is 12.4. The van der Waals surface area contributed by atoms with Crippen LogP contribution in [-0.4, -0.2) is 46.1 Å². The summed E-state index contributed by atoms with van der Waals surface area (Å²) in [6, 6.07) is -0.639. The Morgan fingerprint density at radius 2 is 1.81 bits per heavy atom. The lowest BCUT2D eigenvalue weighted by molar-refractivity contribution is -0.158. The highest BCUT2D eigenvalue weighted by molar-refractivity contribution is 8.00. The van der Waals surface area contributed by atoms with Crippen LogP contribution < -0.4 is 5.32 Å². The number of carbonyl (C=O) groups excluding carboxylic acids is 2. The van der Waals surface area contributed by atoms with Crippen molar-refractivity contribution >= 4 is 23.6 Å². The minimum atomic E-state index is -4.33. The number of halogens is 3. The van der Waals surface area contributed by atoms with Crippen LogP contribution in [0.2, 0.25) is 0 Å². The molecule has 0 aliphatic carbocycles. The van der Waals surface area contributed by atoms with Gasteiger partial charge in [-0.15, -0.1) is 0 Å². The van der Waals surface area contributed by atoms with E-state index >= 15 is 0 Å². The molecule has 1 aliphatic rings. The molecule has 0 bridgehead atoms. The third-order valence-electron chi connectivity index (χ3n) is 3.97. The molecule has 1 aliphatic heterocycles. The van der Waals surface area contributed by atoms with E-state index in [1.165, 1.54) is 4.90 Å². The van der Waals surface area contributed by atoms with Crippen molar-refractivity contribution in [3.63, 3.8) is 0 Å². The second kappa shape index (κ2) is 6.89. The SMILES string of the molecule is CCC1NC(=O)C(CC)(CC)N(CCSC(F)(F)F)C1=O. The molecule has 0 aromatic heterocycles. The molecule has 0 saturated carbocycles. The van der Waals surface area contributed by atoms with Crippen molar-refractivity contribution in [1.29, 1.82) is 0 Å².